The minimum absolute atomic E-state index is 0.0908. The predicted octanol–water partition coefficient (Wildman–Crippen LogP) is 6.15. The maximum atomic E-state index is 12.7. The molecular formula is C29H36N4O2. The quantitative estimate of drug-likeness (QED) is 0.482. The van der Waals surface area contributed by atoms with Gasteiger partial charge in [-0.05, 0) is 73.0 Å². The smallest absolute Gasteiger partial charge is 0.223 e. The summed E-state index contributed by atoms with van der Waals surface area (Å²) in [5.74, 6) is 1.77. The molecule has 1 aliphatic heterocycles. The molecule has 6 heteroatoms. The zero-order chi connectivity index (χ0) is 24.5. The SMILES string of the molecule is COc1cccc(CN2CCCCCCCN(C(C)=O)c3ccc(Nc4ccccn4)cc3C2)c1. The average molecular weight is 473 g/mol. The Morgan fingerprint density at radius 2 is 1.80 bits per heavy atom. The maximum Gasteiger partial charge on any atom is 0.223 e. The van der Waals surface area contributed by atoms with Gasteiger partial charge in [-0.25, -0.2) is 4.98 Å². The Hall–Kier alpha value is -3.38. The van der Waals surface area contributed by atoms with Gasteiger partial charge in [0.05, 0.1) is 7.11 Å². The summed E-state index contributed by atoms with van der Waals surface area (Å²) >= 11 is 0. The van der Waals surface area contributed by atoms with Crippen molar-refractivity contribution in [1.82, 2.24) is 9.88 Å². The number of pyridine rings is 1. The summed E-state index contributed by atoms with van der Waals surface area (Å²) in [6.45, 7) is 5.02. The first-order valence-corrected chi connectivity index (χ1v) is 12.6. The minimum atomic E-state index is 0.0908. The zero-order valence-corrected chi connectivity index (χ0v) is 20.9. The van der Waals surface area contributed by atoms with Gasteiger partial charge in [0, 0.05) is 44.1 Å². The Morgan fingerprint density at radius 3 is 2.57 bits per heavy atom. The van der Waals surface area contributed by atoms with Crippen LogP contribution in [0.3, 0.4) is 0 Å². The third-order valence-corrected chi connectivity index (χ3v) is 6.48. The van der Waals surface area contributed by atoms with Crippen molar-refractivity contribution >= 4 is 23.1 Å². The molecule has 2 aromatic carbocycles. The molecule has 3 aromatic rings. The number of rotatable bonds is 5. The van der Waals surface area contributed by atoms with Crippen molar-refractivity contribution in [2.45, 2.75) is 52.1 Å². The first-order chi connectivity index (χ1) is 17.1. The van der Waals surface area contributed by atoms with E-state index in [1.54, 1.807) is 20.2 Å². The summed E-state index contributed by atoms with van der Waals surface area (Å²) < 4.78 is 5.45. The van der Waals surface area contributed by atoms with Crippen LogP contribution < -0.4 is 15.0 Å². The van der Waals surface area contributed by atoms with E-state index in [9.17, 15) is 4.79 Å². The summed E-state index contributed by atoms with van der Waals surface area (Å²) in [7, 11) is 1.71. The monoisotopic (exact) mass is 472 g/mol. The van der Waals surface area contributed by atoms with Crippen LogP contribution in [0.5, 0.6) is 5.75 Å². The van der Waals surface area contributed by atoms with Gasteiger partial charge in [-0.3, -0.25) is 9.69 Å². The van der Waals surface area contributed by atoms with Gasteiger partial charge in [-0.2, -0.15) is 0 Å². The van der Waals surface area contributed by atoms with Gasteiger partial charge in [0.2, 0.25) is 5.91 Å². The van der Waals surface area contributed by atoms with E-state index in [0.29, 0.717) is 0 Å². The topological polar surface area (TPSA) is 57.7 Å². The number of ether oxygens (including phenoxy) is 1. The van der Waals surface area contributed by atoms with Crippen molar-refractivity contribution < 1.29 is 9.53 Å². The van der Waals surface area contributed by atoms with Gasteiger partial charge >= 0.3 is 0 Å². The Bertz CT molecular complexity index is 1100. The molecule has 0 unspecified atom stereocenters. The van der Waals surface area contributed by atoms with Gasteiger partial charge in [0.25, 0.3) is 0 Å². The van der Waals surface area contributed by atoms with E-state index >= 15 is 0 Å². The number of nitrogens with one attached hydrogen (secondary N) is 1. The Labute approximate surface area is 208 Å². The Balaban J connectivity index is 1.67. The molecule has 0 spiro atoms. The van der Waals surface area contributed by atoms with E-state index in [2.05, 4.69) is 39.5 Å². The lowest BCUT2D eigenvalue weighted by atomic mass is 10.1. The molecule has 2 heterocycles. The molecule has 0 bridgehead atoms. The van der Waals surface area contributed by atoms with Gasteiger partial charge in [-0.15, -0.1) is 0 Å². The van der Waals surface area contributed by atoms with E-state index in [1.807, 2.05) is 41.3 Å². The van der Waals surface area contributed by atoms with E-state index in [4.69, 9.17) is 4.74 Å². The van der Waals surface area contributed by atoms with Crippen LogP contribution in [0, 0.1) is 0 Å². The number of methoxy groups -OCH3 is 1. The molecule has 184 valence electrons. The summed E-state index contributed by atoms with van der Waals surface area (Å²) in [5.41, 5.74) is 4.34. The van der Waals surface area contributed by atoms with E-state index in [0.717, 1.165) is 67.5 Å². The summed E-state index contributed by atoms with van der Waals surface area (Å²) in [4.78, 5) is 21.5. The fourth-order valence-corrected chi connectivity index (χ4v) is 4.70. The Kier molecular flexibility index (Phi) is 8.74. The second-order valence-corrected chi connectivity index (χ2v) is 9.18. The molecule has 4 rings (SSSR count). The zero-order valence-electron chi connectivity index (χ0n) is 20.9. The molecule has 1 aromatic heterocycles. The average Bonchev–Trinajstić information content (AvgIpc) is 2.86. The highest BCUT2D eigenvalue weighted by atomic mass is 16.5. The lowest BCUT2D eigenvalue weighted by Gasteiger charge is -2.29. The molecule has 0 saturated carbocycles. The number of hydrogen-bond acceptors (Lipinski definition) is 5. The van der Waals surface area contributed by atoms with Crippen LogP contribution in [0.25, 0.3) is 0 Å². The minimum Gasteiger partial charge on any atom is -0.497 e. The highest BCUT2D eigenvalue weighted by molar-refractivity contribution is 5.92. The normalized spacial score (nSPS) is 15.4. The molecule has 35 heavy (non-hydrogen) atoms. The molecule has 1 amide bonds. The van der Waals surface area contributed by atoms with Crippen molar-refractivity contribution in [2.24, 2.45) is 0 Å². The van der Waals surface area contributed by atoms with Crippen molar-refractivity contribution in [1.29, 1.82) is 0 Å². The second kappa shape index (κ2) is 12.4. The van der Waals surface area contributed by atoms with Gasteiger partial charge in [0.15, 0.2) is 0 Å². The highest BCUT2D eigenvalue weighted by Gasteiger charge is 2.19. The number of amides is 1. The first kappa shape index (κ1) is 24.7. The second-order valence-electron chi connectivity index (χ2n) is 9.18. The van der Waals surface area contributed by atoms with Crippen molar-refractivity contribution in [2.75, 3.05) is 30.4 Å². The third kappa shape index (κ3) is 7.06. The molecule has 0 atom stereocenters. The van der Waals surface area contributed by atoms with E-state index < -0.39 is 0 Å². The van der Waals surface area contributed by atoms with E-state index in [-0.39, 0.29) is 5.91 Å². The van der Waals surface area contributed by atoms with Crippen molar-refractivity contribution in [3.05, 3.63) is 78.0 Å². The number of carbonyl (C=O) groups is 1. The van der Waals surface area contributed by atoms with Gasteiger partial charge < -0.3 is 15.0 Å². The number of aromatic nitrogens is 1. The largest absolute Gasteiger partial charge is 0.497 e. The predicted molar refractivity (Wildman–Crippen MR) is 142 cm³/mol. The van der Waals surface area contributed by atoms with Crippen LogP contribution in [-0.2, 0) is 17.9 Å². The summed E-state index contributed by atoms with van der Waals surface area (Å²) in [5, 5.41) is 3.41. The van der Waals surface area contributed by atoms with Crippen LogP contribution in [0.15, 0.2) is 66.9 Å². The number of carbonyl (C=O) groups excluding carboxylic acids is 1. The van der Waals surface area contributed by atoms with Crippen molar-refractivity contribution in [3.63, 3.8) is 0 Å². The third-order valence-electron chi connectivity index (χ3n) is 6.48. The number of benzene rings is 2. The fourth-order valence-electron chi connectivity index (χ4n) is 4.70. The van der Waals surface area contributed by atoms with Crippen LogP contribution >= 0.6 is 0 Å². The molecule has 0 radical (unpaired) electrons. The standard InChI is InChI=1S/C29H36N4O2/c1-23(34)33-18-9-5-3-4-8-17-32(21-24-11-10-12-27(19-24)35-2)22-25-20-26(14-15-28(25)33)31-29-13-6-7-16-30-29/h6-7,10-16,19-20H,3-5,8-9,17-18,21-22H2,1-2H3,(H,30,31). The highest BCUT2D eigenvalue weighted by Crippen LogP contribution is 2.29. The maximum absolute atomic E-state index is 12.7. The van der Waals surface area contributed by atoms with Crippen LogP contribution in [-0.4, -0.2) is 36.0 Å². The summed E-state index contributed by atoms with van der Waals surface area (Å²) in [6.07, 6.45) is 7.54. The first-order valence-electron chi connectivity index (χ1n) is 12.6. The lowest BCUT2D eigenvalue weighted by molar-refractivity contribution is -0.116. The van der Waals surface area contributed by atoms with E-state index in [1.165, 1.54) is 24.8 Å². The number of anilines is 3. The van der Waals surface area contributed by atoms with Crippen LogP contribution in [0.1, 0.15) is 50.2 Å². The molecule has 0 fully saturated rings. The molecule has 1 aliphatic rings. The van der Waals surface area contributed by atoms with Crippen molar-refractivity contribution in [3.8, 4) is 5.75 Å². The van der Waals surface area contributed by atoms with Gasteiger partial charge in [0.1, 0.15) is 11.6 Å². The lowest BCUT2D eigenvalue weighted by Crippen LogP contribution is -2.32. The summed E-state index contributed by atoms with van der Waals surface area (Å²) in [6, 6.07) is 20.4. The number of nitrogens with zero attached hydrogens (tertiary/aromatic N) is 3. The molecular weight excluding hydrogens is 436 g/mol. The molecule has 1 N–H and O–H groups in total. The fraction of sp³-hybridized carbons (Fsp3) is 0.379. The Morgan fingerprint density at radius 1 is 0.971 bits per heavy atom. The number of fused-ring (bicyclic) bond motifs is 1. The number of hydrogen-bond donors (Lipinski definition) is 1. The van der Waals surface area contributed by atoms with Crippen LogP contribution in [0.4, 0.5) is 17.2 Å². The van der Waals surface area contributed by atoms with Gasteiger partial charge in [-0.1, -0.05) is 37.5 Å². The molecule has 6 nitrogen and oxygen atoms in total. The van der Waals surface area contributed by atoms with Crippen LogP contribution in [0.2, 0.25) is 0 Å². The molecule has 0 saturated heterocycles. The molecule has 0 aliphatic carbocycles.